The van der Waals surface area contributed by atoms with Gasteiger partial charge in [0.25, 0.3) is 0 Å². The number of hydrogen-bond donors (Lipinski definition) is 0. The molecule has 0 aromatic carbocycles. The molecule has 0 spiro atoms. The van der Waals surface area contributed by atoms with E-state index in [4.69, 9.17) is 0 Å². The minimum atomic E-state index is -2.91. The van der Waals surface area contributed by atoms with Gasteiger partial charge in [-0.05, 0) is 19.8 Å². The van der Waals surface area contributed by atoms with Gasteiger partial charge in [-0.2, -0.15) is 0 Å². The van der Waals surface area contributed by atoms with E-state index >= 15 is 0 Å². The number of carbonyl (C=O) groups excluding carboxylic acids is 1. The number of amides is 1. The van der Waals surface area contributed by atoms with Crippen molar-refractivity contribution < 1.29 is 13.2 Å². The fraction of sp³-hybridized carbons (Fsp3) is 0.900. The lowest BCUT2D eigenvalue weighted by Gasteiger charge is -2.19. The minimum Gasteiger partial charge on any atom is -0.342 e. The minimum absolute atomic E-state index is 0.125. The number of sulfone groups is 1. The standard InChI is InChI=1S/C10H19NO3S2/c1-9(15-7-8-16(2,13)14)10(12)11-5-3-4-6-11/h9H,3-8H2,1-2H3. The highest BCUT2D eigenvalue weighted by molar-refractivity contribution is 8.01. The van der Waals surface area contributed by atoms with Gasteiger partial charge in [-0.15, -0.1) is 11.8 Å². The third-order valence-corrected chi connectivity index (χ3v) is 4.93. The summed E-state index contributed by atoms with van der Waals surface area (Å²) in [6, 6.07) is 0. The molecule has 1 aliphatic heterocycles. The molecule has 1 rings (SSSR count). The van der Waals surface area contributed by atoms with Gasteiger partial charge >= 0.3 is 0 Å². The Balaban J connectivity index is 2.28. The largest absolute Gasteiger partial charge is 0.342 e. The van der Waals surface area contributed by atoms with Crippen LogP contribution in [0.1, 0.15) is 19.8 Å². The summed E-state index contributed by atoms with van der Waals surface area (Å²) in [6.45, 7) is 3.57. The van der Waals surface area contributed by atoms with Gasteiger partial charge in [0.15, 0.2) is 0 Å². The van der Waals surface area contributed by atoms with Crippen LogP contribution < -0.4 is 0 Å². The quantitative estimate of drug-likeness (QED) is 0.737. The summed E-state index contributed by atoms with van der Waals surface area (Å²) in [5, 5.41) is -0.125. The summed E-state index contributed by atoms with van der Waals surface area (Å²) >= 11 is 1.43. The monoisotopic (exact) mass is 265 g/mol. The molecule has 1 fully saturated rings. The van der Waals surface area contributed by atoms with Crippen LogP contribution in [0, 0.1) is 0 Å². The molecule has 0 aliphatic carbocycles. The maximum atomic E-state index is 11.9. The first kappa shape index (κ1) is 13.8. The van der Waals surface area contributed by atoms with Crippen LogP contribution in [0.25, 0.3) is 0 Å². The molecule has 0 bridgehead atoms. The summed E-state index contributed by atoms with van der Waals surface area (Å²) in [7, 11) is -2.91. The molecule has 6 heteroatoms. The number of hydrogen-bond acceptors (Lipinski definition) is 4. The van der Waals surface area contributed by atoms with Crippen LogP contribution >= 0.6 is 11.8 Å². The van der Waals surface area contributed by atoms with Crippen molar-refractivity contribution in [3.8, 4) is 0 Å². The van der Waals surface area contributed by atoms with Crippen molar-refractivity contribution in [2.75, 3.05) is 30.9 Å². The number of nitrogens with zero attached hydrogens (tertiary/aromatic N) is 1. The van der Waals surface area contributed by atoms with Crippen LogP contribution in [-0.4, -0.2) is 55.3 Å². The molecule has 16 heavy (non-hydrogen) atoms. The van der Waals surface area contributed by atoms with E-state index in [0.717, 1.165) is 25.9 Å². The average Bonchev–Trinajstić information content (AvgIpc) is 2.67. The molecule has 1 unspecified atom stereocenters. The maximum Gasteiger partial charge on any atom is 0.235 e. The number of carbonyl (C=O) groups is 1. The number of thioether (sulfide) groups is 1. The third-order valence-electron chi connectivity index (χ3n) is 2.59. The molecule has 0 radical (unpaired) electrons. The van der Waals surface area contributed by atoms with Crippen LogP contribution in [0.15, 0.2) is 0 Å². The van der Waals surface area contributed by atoms with Crippen molar-refractivity contribution in [1.29, 1.82) is 0 Å². The third kappa shape index (κ3) is 4.74. The van der Waals surface area contributed by atoms with E-state index in [-0.39, 0.29) is 16.9 Å². The van der Waals surface area contributed by atoms with Gasteiger partial charge in [0, 0.05) is 25.1 Å². The average molecular weight is 265 g/mol. The van der Waals surface area contributed by atoms with E-state index in [0.29, 0.717) is 5.75 Å². The van der Waals surface area contributed by atoms with Crippen molar-refractivity contribution >= 4 is 27.5 Å². The molecule has 0 N–H and O–H groups in total. The fourth-order valence-electron chi connectivity index (χ4n) is 1.64. The zero-order chi connectivity index (χ0) is 12.2. The molecule has 0 aromatic rings. The van der Waals surface area contributed by atoms with Crippen molar-refractivity contribution in [2.45, 2.75) is 25.0 Å². The molecular formula is C10H19NO3S2. The Kier molecular flexibility index (Phi) is 5.11. The Morgan fingerprint density at radius 1 is 1.38 bits per heavy atom. The molecular weight excluding hydrogens is 246 g/mol. The number of rotatable bonds is 5. The number of likely N-dealkylation sites (tertiary alicyclic amines) is 1. The van der Waals surface area contributed by atoms with E-state index in [9.17, 15) is 13.2 Å². The second-order valence-corrected chi connectivity index (χ2v) is 7.88. The van der Waals surface area contributed by atoms with Gasteiger partial charge < -0.3 is 4.90 Å². The molecule has 1 saturated heterocycles. The lowest BCUT2D eigenvalue weighted by atomic mass is 10.4. The van der Waals surface area contributed by atoms with Crippen LogP contribution in [-0.2, 0) is 14.6 Å². The Bertz CT molecular complexity index is 334. The van der Waals surface area contributed by atoms with Gasteiger partial charge in [-0.25, -0.2) is 8.42 Å². The van der Waals surface area contributed by atoms with E-state index in [2.05, 4.69) is 0 Å². The second-order valence-electron chi connectivity index (χ2n) is 4.18. The molecule has 1 aliphatic rings. The highest BCUT2D eigenvalue weighted by atomic mass is 32.2. The Morgan fingerprint density at radius 3 is 2.44 bits per heavy atom. The van der Waals surface area contributed by atoms with Crippen LogP contribution in [0.4, 0.5) is 0 Å². The lowest BCUT2D eigenvalue weighted by molar-refractivity contribution is -0.129. The molecule has 1 amide bonds. The molecule has 1 heterocycles. The van der Waals surface area contributed by atoms with Crippen LogP contribution in [0.5, 0.6) is 0 Å². The Hall–Kier alpha value is -0.230. The van der Waals surface area contributed by atoms with Gasteiger partial charge in [0.1, 0.15) is 9.84 Å². The molecule has 4 nitrogen and oxygen atoms in total. The zero-order valence-corrected chi connectivity index (χ0v) is 11.4. The van der Waals surface area contributed by atoms with Crippen LogP contribution in [0.3, 0.4) is 0 Å². The predicted molar refractivity (Wildman–Crippen MR) is 67.4 cm³/mol. The highest BCUT2D eigenvalue weighted by Gasteiger charge is 2.23. The lowest BCUT2D eigenvalue weighted by Crippen LogP contribution is -2.34. The van der Waals surface area contributed by atoms with Gasteiger partial charge in [0.2, 0.25) is 5.91 Å². The first-order valence-corrected chi connectivity index (χ1v) is 8.59. The molecule has 0 aromatic heterocycles. The first-order chi connectivity index (χ1) is 7.40. The van der Waals surface area contributed by atoms with E-state index in [1.807, 2.05) is 11.8 Å². The normalized spacial score (nSPS) is 18.8. The van der Waals surface area contributed by atoms with Crippen molar-refractivity contribution in [2.24, 2.45) is 0 Å². The van der Waals surface area contributed by atoms with E-state index < -0.39 is 9.84 Å². The van der Waals surface area contributed by atoms with E-state index in [1.54, 1.807) is 0 Å². The first-order valence-electron chi connectivity index (χ1n) is 5.48. The summed E-state index contributed by atoms with van der Waals surface area (Å²) in [6.07, 6.45) is 3.40. The van der Waals surface area contributed by atoms with Crippen molar-refractivity contribution in [3.05, 3.63) is 0 Å². The summed E-state index contributed by atoms with van der Waals surface area (Å²) < 4.78 is 21.9. The molecule has 94 valence electrons. The SMILES string of the molecule is CC(SCCS(C)(=O)=O)C(=O)N1CCCC1. The van der Waals surface area contributed by atoms with Gasteiger partial charge in [-0.3, -0.25) is 4.79 Å². The molecule has 0 saturated carbocycles. The molecule has 1 atom stereocenters. The Labute approximate surface area is 102 Å². The Morgan fingerprint density at radius 2 is 1.94 bits per heavy atom. The summed E-state index contributed by atoms with van der Waals surface area (Å²) in [5.41, 5.74) is 0. The van der Waals surface area contributed by atoms with Crippen LogP contribution in [0.2, 0.25) is 0 Å². The van der Waals surface area contributed by atoms with Gasteiger partial charge in [0.05, 0.1) is 11.0 Å². The maximum absolute atomic E-state index is 11.9. The van der Waals surface area contributed by atoms with Gasteiger partial charge in [-0.1, -0.05) is 0 Å². The summed E-state index contributed by atoms with van der Waals surface area (Å²) in [4.78, 5) is 13.7. The topological polar surface area (TPSA) is 54.5 Å². The highest BCUT2D eigenvalue weighted by Crippen LogP contribution is 2.17. The van der Waals surface area contributed by atoms with Crippen molar-refractivity contribution in [1.82, 2.24) is 4.90 Å². The predicted octanol–water partition coefficient (Wildman–Crippen LogP) is 0.775. The summed E-state index contributed by atoms with van der Waals surface area (Å²) in [5.74, 6) is 0.797. The smallest absolute Gasteiger partial charge is 0.235 e. The van der Waals surface area contributed by atoms with E-state index in [1.165, 1.54) is 18.0 Å². The zero-order valence-electron chi connectivity index (χ0n) is 9.81. The second kappa shape index (κ2) is 5.91. The van der Waals surface area contributed by atoms with Crippen molar-refractivity contribution in [3.63, 3.8) is 0 Å². The fourth-order valence-corrected chi connectivity index (χ4v) is 3.88.